The van der Waals surface area contributed by atoms with Crippen LogP contribution in [0.1, 0.15) is 24.8 Å². The second-order valence-electron chi connectivity index (χ2n) is 4.53. The summed E-state index contributed by atoms with van der Waals surface area (Å²) in [5, 5.41) is 2.69. The zero-order valence-electron chi connectivity index (χ0n) is 11.6. The maximum Gasteiger partial charge on any atom is 0.391 e. The van der Waals surface area contributed by atoms with Crippen molar-refractivity contribution in [2.45, 2.75) is 32.0 Å². The Bertz CT molecular complexity index is 433. The van der Waals surface area contributed by atoms with E-state index < -0.39 is 12.6 Å². The number of hydrogen-bond acceptors (Lipinski definition) is 3. The van der Waals surface area contributed by atoms with Crippen LogP contribution in [-0.4, -0.2) is 25.3 Å². The Hall–Kier alpha value is -1.60. The molecule has 1 aromatic carbocycles. The first-order chi connectivity index (χ1) is 9.90. The van der Waals surface area contributed by atoms with Crippen molar-refractivity contribution in [3.63, 3.8) is 0 Å². The normalized spacial score (nSPS) is 11.4. The van der Waals surface area contributed by atoms with Gasteiger partial charge in [0.05, 0.1) is 13.0 Å². The number of carbonyl (C=O) groups is 1. The highest BCUT2D eigenvalue weighted by atomic mass is 19.4. The maximum atomic E-state index is 11.8. The summed E-state index contributed by atoms with van der Waals surface area (Å²) >= 11 is 0. The fourth-order valence-corrected chi connectivity index (χ4v) is 1.57. The smallest absolute Gasteiger partial charge is 0.381 e. The zero-order chi connectivity index (χ0) is 15.7. The molecule has 0 heterocycles. The lowest BCUT2D eigenvalue weighted by Crippen LogP contribution is -2.14. The van der Waals surface area contributed by atoms with Crippen LogP contribution in [0.3, 0.4) is 0 Å². The highest BCUT2D eigenvalue weighted by molar-refractivity contribution is 5.90. The van der Waals surface area contributed by atoms with E-state index in [0.29, 0.717) is 18.7 Å². The van der Waals surface area contributed by atoms with Crippen LogP contribution in [0.15, 0.2) is 24.3 Å². The Morgan fingerprint density at radius 3 is 2.43 bits per heavy atom. The molecule has 21 heavy (non-hydrogen) atoms. The molecule has 7 heteroatoms. The standard InChI is InChI=1S/C14H19F3N2O2/c15-14(16,17)7-9-21-8-1-2-13(20)19-12-5-3-11(10-18)4-6-12/h3-6H,1-2,7-10,18H2,(H,19,20). The van der Waals surface area contributed by atoms with Gasteiger partial charge in [-0.15, -0.1) is 0 Å². The first-order valence-electron chi connectivity index (χ1n) is 6.64. The van der Waals surface area contributed by atoms with Crippen molar-refractivity contribution in [2.75, 3.05) is 18.5 Å². The molecule has 1 aromatic rings. The predicted octanol–water partition coefficient (Wildman–Crippen LogP) is 2.83. The quantitative estimate of drug-likeness (QED) is 0.726. The van der Waals surface area contributed by atoms with Crippen LogP contribution < -0.4 is 11.1 Å². The van der Waals surface area contributed by atoms with Gasteiger partial charge in [-0.05, 0) is 24.1 Å². The minimum absolute atomic E-state index is 0.135. The molecular formula is C14H19F3N2O2. The highest BCUT2D eigenvalue weighted by Crippen LogP contribution is 2.19. The molecule has 1 amide bonds. The van der Waals surface area contributed by atoms with Crippen LogP contribution in [-0.2, 0) is 16.1 Å². The van der Waals surface area contributed by atoms with Crippen LogP contribution in [0, 0.1) is 0 Å². The van der Waals surface area contributed by atoms with E-state index in [1.165, 1.54) is 0 Å². The fourth-order valence-electron chi connectivity index (χ4n) is 1.57. The molecule has 0 saturated heterocycles. The van der Waals surface area contributed by atoms with Crippen molar-refractivity contribution in [2.24, 2.45) is 5.73 Å². The highest BCUT2D eigenvalue weighted by Gasteiger charge is 2.26. The summed E-state index contributed by atoms with van der Waals surface area (Å²) < 4.78 is 40.3. The molecule has 0 bridgehead atoms. The number of alkyl halides is 3. The first kappa shape index (κ1) is 17.5. The zero-order valence-corrected chi connectivity index (χ0v) is 11.6. The van der Waals surface area contributed by atoms with Crippen LogP contribution in [0.5, 0.6) is 0 Å². The van der Waals surface area contributed by atoms with E-state index in [-0.39, 0.29) is 25.5 Å². The van der Waals surface area contributed by atoms with Gasteiger partial charge in [0.25, 0.3) is 0 Å². The van der Waals surface area contributed by atoms with Crippen molar-refractivity contribution in [1.82, 2.24) is 0 Å². The number of ether oxygens (including phenoxy) is 1. The Kier molecular flexibility index (Phi) is 7.18. The van der Waals surface area contributed by atoms with Gasteiger partial charge in [0, 0.05) is 25.3 Å². The Labute approximate surface area is 121 Å². The van der Waals surface area contributed by atoms with Gasteiger partial charge in [0.1, 0.15) is 0 Å². The number of carbonyl (C=O) groups excluding carboxylic acids is 1. The van der Waals surface area contributed by atoms with E-state index in [9.17, 15) is 18.0 Å². The summed E-state index contributed by atoms with van der Waals surface area (Å²) in [6.07, 6.45) is -4.59. The molecule has 0 spiro atoms. The lowest BCUT2D eigenvalue weighted by molar-refractivity contribution is -0.145. The molecule has 0 aliphatic rings. The number of hydrogen-bond donors (Lipinski definition) is 2. The van der Waals surface area contributed by atoms with Crippen LogP contribution in [0.2, 0.25) is 0 Å². The van der Waals surface area contributed by atoms with Gasteiger partial charge in [-0.3, -0.25) is 4.79 Å². The minimum atomic E-state index is -4.20. The molecular weight excluding hydrogens is 285 g/mol. The van der Waals surface area contributed by atoms with Gasteiger partial charge < -0.3 is 15.8 Å². The number of nitrogens with two attached hydrogens (primary N) is 1. The second kappa shape index (κ2) is 8.63. The average Bonchev–Trinajstić information content (AvgIpc) is 2.42. The summed E-state index contributed by atoms with van der Waals surface area (Å²) in [6, 6.07) is 7.13. The maximum absolute atomic E-state index is 11.8. The Balaban J connectivity index is 2.13. The third-order valence-electron chi connectivity index (χ3n) is 2.70. The molecule has 1 rings (SSSR count). The van der Waals surface area contributed by atoms with Crippen molar-refractivity contribution in [1.29, 1.82) is 0 Å². The number of benzene rings is 1. The van der Waals surface area contributed by atoms with Crippen LogP contribution in [0.25, 0.3) is 0 Å². The molecule has 118 valence electrons. The molecule has 4 nitrogen and oxygen atoms in total. The van der Waals surface area contributed by atoms with Crippen LogP contribution in [0.4, 0.5) is 18.9 Å². The third kappa shape index (κ3) is 8.31. The number of nitrogens with one attached hydrogen (secondary N) is 1. The summed E-state index contributed by atoms with van der Waals surface area (Å²) in [5.74, 6) is -0.199. The van der Waals surface area contributed by atoms with E-state index >= 15 is 0 Å². The van der Waals surface area contributed by atoms with Crippen molar-refractivity contribution in [3.8, 4) is 0 Å². The van der Waals surface area contributed by atoms with Crippen molar-refractivity contribution < 1.29 is 22.7 Å². The molecule has 0 atom stereocenters. The number of anilines is 1. The van der Waals surface area contributed by atoms with Gasteiger partial charge in [-0.2, -0.15) is 13.2 Å². The molecule has 0 aliphatic heterocycles. The topological polar surface area (TPSA) is 64.3 Å². The number of rotatable bonds is 8. The van der Waals surface area contributed by atoms with Gasteiger partial charge in [-0.1, -0.05) is 12.1 Å². The van der Waals surface area contributed by atoms with Gasteiger partial charge in [0.2, 0.25) is 5.91 Å². The SMILES string of the molecule is NCc1ccc(NC(=O)CCCOCCC(F)(F)F)cc1. The van der Waals surface area contributed by atoms with Crippen molar-refractivity contribution in [3.05, 3.63) is 29.8 Å². The van der Waals surface area contributed by atoms with Gasteiger partial charge in [0.15, 0.2) is 0 Å². The number of amides is 1. The molecule has 0 radical (unpaired) electrons. The summed E-state index contributed by atoms with van der Waals surface area (Å²) in [7, 11) is 0. The van der Waals surface area contributed by atoms with Gasteiger partial charge in [-0.25, -0.2) is 0 Å². The first-order valence-corrected chi connectivity index (χ1v) is 6.64. The Morgan fingerprint density at radius 2 is 1.86 bits per heavy atom. The van der Waals surface area contributed by atoms with E-state index in [2.05, 4.69) is 5.32 Å². The summed E-state index contributed by atoms with van der Waals surface area (Å²) in [6.45, 7) is 0.199. The van der Waals surface area contributed by atoms with E-state index in [4.69, 9.17) is 10.5 Å². The lowest BCUT2D eigenvalue weighted by Gasteiger charge is -2.08. The molecule has 0 aliphatic carbocycles. The second-order valence-corrected chi connectivity index (χ2v) is 4.53. The molecule has 0 unspecified atom stereocenters. The van der Waals surface area contributed by atoms with E-state index in [0.717, 1.165) is 5.56 Å². The fraction of sp³-hybridized carbons (Fsp3) is 0.500. The molecule has 0 fully saturated rings. The van der Waals surface area contributed by atoms with Crippen LogP contribution >= 0.6 is 0 Å². The third-order valence-corrected chi connectivity index (χ3v) is 2.70. The Morgan fingerprint density at radius 1 is 1.19 bits per heavy atom. The van der Waals surface area contributed by atoms with Gasteiger partial charge >= 0.3 is 6.18 Å². The summed E-state index contributed by atoms with van der Waals surface area (Å²) in [4.78, 5) is 11.6. The minimum Gasteiger partial charge on any atom is -0.381 e. The summed E-state index contributed by atoms with van der Waals surface area (Å²) in [5.41, 5.74) is 7.09. The van der Waals surface area contributed by atoms with E-state index in [1.807, 2.05) is 12.1 Å². The lowest BCUT2D eigenvalue weighted by atomic mass is 10.2. The predicted molar refractivity (Wildman–Crippen MR) is 73.7 cm³/mol. The van der Waals surface area contributed by atoms with Crippen molar-refractivity contribution >= 4 is 11.6 Å². The molecule has 0 aromatic heterocycles. The average molecular weight is 304 g/mol. The largest absolute Gasteiger partial charge is 0.391 e. The molecule has 0 saturated carbocycles. The molecule has 3 N–H and O–H groups in total. The monoisotopic (exact) mass is 304 g/mol. The number of halogens is 3. The van der Waals surface area contributed by atoms with E-state index in [1.54, 1.807) is 12.1 Å².